The predicted molar refractivity (Wildman–Crippen MR) is 146 cm³/mol. The number of nitrogens with two attached hydrogens (primary N) is 1. The van der Waals surface area contributed by atoms with Gasteiger partial charge < -0.3 is 11.1 Å². The maximum atomic E-state index is 13.8. The van der Waals surface area contributed by atoms with Crippen molar-refractivity contribution in [1.29, 1.82) is 0 Å². The van der Waals surface area contributed by atoms with Crippen LogP contribution in [0.25, 0.3) is 16.6 Å². The molecule has 0 spiro atoms. The first-order valence-electron chi connectivity index (χ1n) is 11.8. The van der Waals surface area contributed by atoms with Gasteiger partial charge in [-0.25, -0.2) is 19.9 Å². The molecule has 10 nitrogen and oxygen atoms in total. The third kappa shape index (κ3) is 5.36. The molecule has 0 aliphatic carbocycles. The normalized spacial score (nSPS) is 12.4. The first kappa shape index (κ1) is 25.2. The van der Waals surface area contributed by atoms with Crippen molar-refractivity contribution in [1.82, 2.24) is 29.5 Å². The van der Waals surface area contributed by atoms with Crippen LogP contribution in [-0.4, -0.2) is 35.7 Å². The van der Waals surface area contributed by atoms with E-state index in [-0.39, 0.29) is 11.4 Å². The average molecular weight is 494 g/mol. The molecule has 0 saturated heterocycles. The van der Waals surface area contributed by atoms with Crippen LogP contribution in [0.1, 0.15) is 55.9 Å². The number of hydrogen-bond acceptors (Lipinski definition) is 9. The van der Waals surface area contributed by atoms with E-state index in [0.29, 0.717) is 45.9 Å². The summed E-state index contributed by atoms with van der Waals surface area (Å²) in [6.45, 7) is 7.60. The number of aliphatic imine (C=N–C) groups is 1. The van der Waals surface area contributed by atoms with Crippen LogP contribution in [0.15, 0.2) is 59.1 Å². The Hall–Kier alpha value is -4.91. The van der Waals surface area contributed by atoms with Crippen LogP contribution < -0.4 is 16.6 Å². The lowest BCUT2D eigenvalue weighted by Crippen LogP contribution is -2.28. The number of aromatic nitrogens is 6. The van der Waals surface area contributed by atoms with Crippen molar-refractivity contribution in [2.75, 3.05) is 11.1 Å². The van der Waals surface area contributed by atoms with Gasteiger partial charge in [0.05, 0.1) is 23.1 Å². The van der Waals surface area contributed by atoms with Gasteiger partial charge in [-0.3, -0.25) is 19.3 Å². The number of benzene rings is 1. The van der Waals surface area contributed by atoms with Crippen molar-refractivity contribution in [2.45, 2.75) is 40.2 Å². The van der Waals surface area contributed by atoms with Gasteiger partial charge in [-0.2, -0.15) is 0 Å². The van der Waals surface area contributed by atoms with Gasteiger partial charge in [-0.15, -0.1) is 0 Å². The van der Waals surface area contributed by atoms with Crippen LogP contribution in [0, 0.1) is 18.8 Å². The van der Waals surface area contributed by atoms with Crippen LogP contribution in [0.5, 0.6) is 0 Å². The van der Waals surface area contributed by atoms with Crippen LogP contribution in [-0.2, 0) is 0 Å². The monoisotopic (exact) mass is 493 g/mol. The van der Waals surface area contributed by atoms with Crippen LogP contribution in [0.3, 0.4) is 0 Å². The molecule has 186 valence electrons. The minimum absolute atomic E-state index is 0.156. The standard InChI is InChI=1S/C27H27N9O/c1-5-20(15-29-6-2)36-26(35-22-9-7-8-17(3)23(22)27(36)37)18(4)34-25-21(24(28)32-16-33-25)11-10-19-14-30-12-13-31-19/h6-9,12-16,18H,5H2,1-4H3,(H3,28,32,33,34)/b20-15+,29-6?. The summed E-state index contributed by atoms with van der Waals surface area (Å²) < 4.78 is 1.62. The maximum absolute atomic E-state index is 13.8. The van der Waals surface area contributed by atoms with E-state index in [1.807, 2.05) is 45.9 Å². The molecule has 4 aromatic rings. The highest BCUT2D eigenvalue weighted by Crippen LogP contribution is 2.25. The van der Waals surface area contributed by atoms with E-state index in [4.69, 9.17) is 10.7 Å². The zero-order chi connectivity index (χ0) is 26.4. The fourth-order valence-electron chi connectivity index (χ4n) is 3.84. The second-order valence-corrected chi connectivity index (χ2v) is 8.15. The van der Waals surface area contributed by atoms with Gasteiger partial charge in [0.2, 0.25) is 0 Å². The van der Waals surface area contributed by atoms with E-state index in [9.17, 15) is 4.79 Å². The SMILES string of the molecule is CC=N/C=C(\CC)n1c(C(C)Nc2ncnc(N)c2C#Cc2cnccn2)nc2cccc(C)c2c1=O. The zero-order valence-corrected chi connectivity index (χ0v) is 21.1. The summed E-state index contributed by atoms with van der Waals surface area (Å²) in [5.74, 6) is 7.07. The Kier molecular flexibility index (Phi) is 7.64. The van der Waals surface area contributed by atoms with Crippen molar-refractivity contribution in [3.8, 4) is 11.8 Å². The molecule has 0 radical (unpaired) electrons. The van der Waals surface area contributed by atoms with Gasteiger partial charge in [-0.1, -0.05) is 25.0 Å². The molecule has 10 heteroatoms. The largest absolute Gasteiger partial charge is 0.382 e. The van der Waals surface area contributed by atoms with E-state index < -0.39 is 6.04 Å². The number of anilines is 2. The lowest BCUT2D eigenvalue weighted by atomic mass is 10.1. The molecule has 0 bridgehead atoms. The van der Waals surface area contributed by atoms with Gasteiger partial charge in [0, 0.05) is 30.5 Å². The van der Waals surface area contributed by atoms with Crippen molar-refractivity contribution in [3.05, 3.63) is 82.3 Å². The number of nitrogens with zero attached hydrogens (tertiary/aromatic N) is 7. The minimum Gasteiger partial charge on any atom is -0.382 e. The van der Waals surface area contributed by atoms with Crippen molar-refractivity contribution in [3.63, 3.8) is 0 Å². The summed E-state index contributed by atoms with van der Waals surface area (Å²) in [7, 11) is 0. The average Bonchev–Trinajstić information content (AvgIpc) is 2.90. The number of aryl methyl sites for hydroxylation is 1. The topological polar surface area (TPSA) is 137 Å². The zero-order valence-electron chi connectivity index (χ0n) is 21.1. The Bertz CT molecular complexity index is 1610. The lowest BCUT2D eigenvalue weighted by molar-refractivity contribution is 0.728. The number of nitrogens with one attached hydrogen (secondary N) is 1. The molecule has 0 aliphatic heterocycles. The third-order valence-corrected chi connectivity index (χ3v) is 5.65. The summed E-state index contributed by atoms with van der Waals surface area (Å²) in [5, 5.41) is 3.90. The quantitative estimate of drug-likeness (QED) is 0.306. The summed E-state index contributed by atoms with van der Waals surface area (Å²) in [4.78, 5) is 39.6. The molecule has 0 aliphatic rings. The predicted octanol–water partition coefficient (Wildman–Crippen LogP) is 3.74. The molecule has 4 rings (SSSR count). The molecule has 1 unspecified atom stereocenters. The highest BCUT2D eigenvalue weighted by atomic mass is 16.1. The summed E-state index contributed by atoms with van der Waals surface area (Å²) >= 11 is 0. The Morgan fingerprint density at radius 2 is 2.08 bits per heavy atom. The van der Waals surface area contributed by atoms with E-state index in [0.717, 1.165) is 5.56 Å². The Balaban J connectivity index is 1.85. The summed E-state index contributed by atoms with van der Waals surface area (Å²) in [5.41, 5.74) is 9.07. The maximum Gasteiger partial charge on any atom is 0.266 e. The Morgan fingerprint density at radius 1 is 1.24 bits per heavy atom. The molecule has 1 atom stereocenters. The fourth-order valence-corrected chi connectivity index (χ4v) is 3.84. The molecular formula is C27H27N9O. The minimum atomic E-state index is -0.454. The first-order chi connectivity index (χ1) is 17.9. The van der Waals surface area contributed by atoms with Crippen LogP contribution in [0.2, 0.25) is 0 Å². The van der Waals surface area contributed by atoms with Crippen LogP contribution in [0.4, 0.5) is 11.6 Å². The van der Waals surface area contributed by atoms with E-state index >= 15 is 0 Å². The number of hydrogen-bond donors (Lipinski definition) is 2. The number of fused-ring (bicyclic) bond motifs is 1. The lowest BCUT2D eigenvalue weighted by Gasteiger charge is -2.22. The Morgan fingerprint density at radius 3 is 2.81 bits per heavy atom. The molecule has 0 saturated carbocycles. The molecular weight excluding hydrogens is 466 g/mol. The van der Waals surface area contributed by atoms with Crippen LogP contribution >= 0.6 is 0 Å². The van der Waals surface area contributed by atoms with E-state index in [1.54, 1.807) is 35.6 Å². The third-order valence-electron chi connectivity index (χ3n) is 5.65. The molecule has 1 aromatic carbocycles. The van der Waals surface area contributed by atoms with Gasteiger partial charge in [-0.05, 0) is 44.7 Å². The van der Waals surface area contributed by atoms with Crippen molar-refractivity contribution in [2.24, 2.45) is 4.99 Å². The summed E-state index contributed by atoms with van der Waals surface area (Å²) in [6.07, 6.45) is 9.98. The van der Waals surface area contributed by atoms with Gasteiger partial charge in [0.15, 0.2) is 0 Å². The second-order valence-electron chi connectivity index (χ2n) is 8.15. The highest BCUT2D eigenvalue weighted by molar-refractivity contribution is 5.82. The highest BCUT2D eigenvalue weighted by Gasteiger charge is 2.21. The number of rotatable bonds is 6. The summed E-state index contributed by atoms with van der Waals surface area (Å²) in [6, 6.07) is 5.18. The fraction of sp³-hybridized carbons (Fsp3) is 0.222. The number of nitrogen functional groups attached to an aromatic ring is 1. The molecule has 3 N–H and O–H groups in total. The Labute approximate surface area is 214 Å². The van der Waals surface area contributed by atoms with E-state index in [1.165, 1.54) is 6.33 Å². The number of allylic oxidation sites excluding steroid dienone is 1. The van der Waals surface area contributed by atoms with E-state index in [2.05, 4.69) is 42.1 Å². The van der Waals surface area contributed by atoms with Gasteiger partial charge in [0.25, 0.3) is 5.56 Å². The first-order valence-corrected chi connectivity index (χ1v) is 11.8. The van der Waals surface area contributed by atoms with Crippen molar-refractivity contribution < 1.29 is 0 Å². The molecule has 3 heterocycles. The molecule has 3 aromatic heterocycles. The molecule has 0 fully saturated rings. The van der Waals surface area contributed by atoms with Gasteiger partial charge in [0.1, 0.15) is 35.0 Å². The second kappa shape index (κ2) is 11.2. The molecule has 37 heavy (non-hydrogen) atoms. The van der Waals surface area contributed by atoms with Crippen molar-refractivity contribution >= 4 is 34.5 Å². The van der Waals surface area contributed by atoms with Gasteiger partial charge >= 0.3 is 0 Å². The molecule has 0 amide bonds. The smallest absolute Gasteiger partial charge is 0.266 e.